The van der Waals surface area contributed by atoms with Crippen LogP contribution in [0.25, 0.3) is 66.1 Å². The summed E-state index contributed by atoms with van der Waals surface area (Å²) in [5, 5.41) is 29.7. The van der Waals surface area contributed by atoms with Gasteiger partial charge in [0.2, 0.25) is 0 Å². The van der Waals surface area contributed by atoms with Crippen molar-refractivity contribution in [3.05, 3.63) is 230 Å². The second-order valence-corrected chi connectivity index (χ2v) is 19.3. The summed E-state index contributed by atoms with van der Waals surface area (Å²) in [5.41, 5.74) is 9.65. The summed E-state index contributed by atoms with van der Waals surface area (Å²) in [6, 6.07) is 82.5. The van der Waals surface area contributed by atoms with Crippen LogP contribution >= 0.6 is 0 Å². The number of nitrogens with zero attached hydrogens (tertiary/aromatic N) is 4. The zero-order valence-electron chi connectivity index (χ0n) is 33.1. The van der Waals surface area contributed by atoms with Crippen molar-refractivity contribution in [2.24, 2.45) is 0 Å². The van der Waals surface area contributed by atoms with E-state index in [9.17, 15) is 10.5 Å². The van der Waals surface area contributed by atoms with Crippen LogP contribution in [0.3, 0.4) is 0 Å². The molecule has 0 fully saturated rings. The largest absolute Gasteiger partial charge is 0.309 e. The van der Waals surface area contributed by atoms with E-state index in [1.807, 2.05) is 30.3 Å². The molecule has 0 saturated carbocycles. The first-order chi connectivity index (χ1) is 30.2. The van der Waals surface area contributed by atoms with Crippen molar-refractivity contribution in [3.63, 3.8) is 0 Å². The highest BCUT2D eigenvalue weighted by molar-refractivity contribution is 7.19. The molecule has 0 radical (unpaired) electrons. The lowest BCUT2D eigenvalue weighted by molar-refractivity contribution is 1.18. The fourth-order valence-corrected chi connectivity index (χ4v) is 14.5. The topological polar surface area (TPSA) is 57.4 Å². The highest BCUT2D eigenvalue weighted by atomic mass is 28.3. The molecule has 2 heterocycles. The van der Waals surface area contributed by atoms with Crippen molar-refractivity contribution in [1.29, 1.82) is 10.5 Å². The third kappa shape index (κ3) is 5.64. The molecule has 0 aliphatic heterocycles. The molecule has 0 bridgehead atoms. The average Bonchev–Trinajstić information content (AvgIpc) is 3.85. The maximum Gasteiger partial charge on any atom is 0.179 e. The van der Waals surface area contributed by atoms with Gasteiger partial charge in [-0.15, -0.1) is 0 Å². The van der Waals surface area contributed by atoms with Crippen LogP contribution in [0.5, 0.6) is 0 Å². The maximum atomic E-state index is 10.2. The minimum Gasteiger partial charge on any atom is -0.309 e. The minimum absolute atomic E-state index is 0.615. The molecule has 5 heteroatoms. The number of hydrogen-bond acceptors (Lipinski definition) is 2. The van der Waals surface area contributed by atoms with E-state index in [1.165, 1.54) is 20.7 Å². The van der Waals surface area contributed by atoms with Crippen LogP contribution in [-0.2, 0) is 0 Å². The van der Waals surface area contributed by atoms with Crippen LogP contribution < -0.4 is 20.7 Å². The monoisotopic (exact) mass is 792 g/mol. The highest BCUT2D eigenvalue weighted by Crippen LogP contribution is 2.41. The van der Waals surface area contributed by atoms with Crippen molar-refractivity contribution in [2.75, 3.05) is 0 Å². The average molecular weight is 793 g/mol. The first-order valence-corrected chi connectivity index (χ1v) is 22.5. The summed E-state index contributed by atoms with van der Waals surface area (Å²) in [6.07, 6.45) is 0. The summed E-state index contributed by atoms with van der Waals surface area (Å²) < 4.78 is 4.65. The third-order valence-corrected chi connectivity index (χ3v) is 17.1. The Bertz CT molecular complexity index is 3460. The number of para-hydroxylation sites is 2. The zero-order chi connectivity index (χ0) is 40.9. The normalized spacial score (nSPS) is 11.6. The molecule has 0 atom stereocenters. The van der Waals surface area contributed by atoms with E-state index in [1.54, 1.807) is 0 Å². The Balaban J connectivity index is 1.17. The molecule has 0 amide bonds. The van der Waals surface area contributed by atoms with E-state index in [-0.39, 0.29) is 0 Å². The second-order valence-electron chi connectivity index (χ2n) is 15.5. The van der Waals surface area contributed by atoms with Crippen molar-refractivity contribution in [2.45, 2.75) is 0 Å². The molecule has 11 aromatic rings. The van der Waals surface area contributed by atoms with Gasteiger partial charge in [-0.2, -0.15) is 10.5 Å². The number of hydrogen-bond donors (Lipinski definition) is 0. The number of rotatable bonds is 7. The van der Waals surface area contributed by atoms with Gasteiger partial charge in [0.1, 0.15) is 0 Å². The van der Waals surface area contributed by atoms with Gasteiger partial charge in [-0.05, 0) is 93.0 Å². The van der Waals surface area contributed by atoms with Crippen molar-refractivity contribution in [1.82, 2.24) is 9.13 Å². The molecular formula is C56H36N4Si. The maximum absolute atomic E-state index is 10.2. The van der Waals surface area contributed by atoms with Gasteiger partial charge < -0.3 is 9.13 Å². The Hall–Kier alpha value is -8.22. The Labute approximate surface area is 354 Å². The van der Waals surface area contributed by atoms with Gasteiger partial charge in [0, 0.05) is 38.5 Å². The van der Waals surface area contributed by atoms with Crippen molar-refractivity contribution >= 4 is 72.4 Å². The quantitative estimate of drug-likeness (QED) is 0.119. The first kappa shape index (κ1) is 35.9. The van der Waals surface area contributed by atoms with Crippen LogP contribution in [0.2, 0.25) is 0 Å². The van der Waals surface area contributed by atoms with E-state index in [4.69, 9.17) is 0 Å². The second kappa shape index (κ2) is 14.6. The fraction of sp³-hybridized carbons (Fsp3) is 0. The molecule has 2 aromatic heterocycles. The van der Waals surface area contributed by atoms with E-state index >= 15 is 0 Å². The molecular weight excluding hydrogens is 757 g/mol. The Kier molecular flexibility index (Phi) is 8.57. The molecule has 4 nitrogen and oxygen atoms in total. The smallest absolute Gasteiger partial charge is 0.179 e. The van der Waals surface area contributed by atoms with Gasteiger partial charge in [-0.1, -0.05) is 152 Å². The molecule has 0 saturated heterocycles. The van der Waals surface area contributed by atoms with Gasteiger partial charge in [-0.25, -0.2) is 0 Å². The van der Waals surface area contributed by atoms with E-state index in [0.717, 1.165) is 66.1 Å². The summed E-state index contributed by atoms with van der Waals surface area (Å²) in [5.74, 6) is 0. The Morgan fingerprint density at radius 2 is 0.852 bits per heavy atom. The van der Waals surface area contributed by atoms with E-state index in [0.29, 0.717) is 11.1 Å². The molecule has 11 rings (SSSR count). The number of benzene rings is 9. The number of fused-ring (bicyclic) bond motifs is 6. The molecule has 0 aliphatic carbocycles. The van der Waals surface area contributed by atoms with Crippen LogP contribution in [0, 0.1) is 22.7 Å². The van der Waals surface area contributed by atoms with Crippen LogP contribution in [0.15, 0.2) is 218 Å². The standard InChI is InChI=1S/C56H36N4Si/c57-37-39-15-12-16-42(33-39)60-53-28-11-10-25-49(53)50-27-14-26-48(56(50)60)41-30-32-55-52(35-41)51-34-40(38-58)29-31-54(51)59(55)43-17-13-24-47(36-43)61(44-18-4-1-5-19-44,45-20-6-2-7-21-45)46-22-8-3-9-23-46/h1-36H. The van der Waals surface area contributed by atoms with Gasteiger partial charge in [0.25, 0.3) is 0 Å². The van der Waals surface area contributed by atoms with Gasteiger partial charge in [0.05, 0.1) is 45.3 Å². The highest BCUT2D eigenvalue weighted by Gasteiger charge is 2.41. The lowest BCUT2D eigenvalue weighted by atomic mass is 9.99. The summed E-state index contributed by atoms with van der Waals surface area (Å²) in [6.45, 7) is 0. The molecule has 61 heavy (non-hydrogen) atoms. The lowest BCUT2D eigenvalue weighted by Crippen LogP contribution is -2.74. The lowest BCUT2D eigenvalue weighted by Gasteiger charge is -2.34. The predicted octanol–water partition coefficient (Wildman–Crippen LogP) is 10.7. The zero-order valence-corrected chi connectivity index (χ0v) is 34.1. The Morgan fingerprint density at radius 3 is 1.52 bits per heavy atom. The van der Waals surface area contributed by atoms with Crippen molar-refractivity contribution in [3.8, 4) is 34.6 Å². The summed E-state index contributed by atoms with van der Waals surface area (Å²) in [7, 11) is -2.80. The number of nitriles is 2. The number of aromatic nitrogens is 2. The minimum atomic E-state index is -2.80. The van der Waals surface area contributed by atoms with Gasteiger partial charge >= 0.3 is 0 Å². The third-order valence-electron chi connectivity index (χ3n) is 12.3. The van der Waals surface area contributed by atoms with E-state index < -0.39 is 8.07 Å². The Morgan fingerprint density at radius 1 is 0.344 bits per heavy atom. The molecule has 284 valence electrons. The van der Waals surface area contributed by atoms with Gasteiger partial charge in [-0.3, -0.25) is 0 Å². The predicted molar refractivity (Wildman–Crippen MR) is 254 cm³/mol. The van der Waals surface area contributed by atoms with E-state index in [2.05, 4.69) is 209 Å². The molecule has 9 aromatic carbocycles. The van der Waals surface area contributed by atoms with Gasteiger partial charge in [0.15, 0.2) is 8.07 Å². The van der Waals surface area contributed by atoms with Crippen LogP contribution in [0.1, 0.15) is 11.1 Å². The summed E-state index contributed by atoms with van der Waals surface area (Å²) in [4.78, 5) is 0. The summed E-state index contributed by atoms with van der Waals surface area (Å²) >= 11 is 0. The van der Waals surface area contributed by atoms with Crippen molar-refractivity contribution < 1.29 is 0 Å². The fourth-order valence-electron chi connectivity index (χ4n) is 9.72. The SMILES string of the molecule is N#Cc1cccc(-n2c3ccccc3c3cccc(-c4ccc5c(c4)c4cc(C#N)ccc4n5-c4cccc([Si](c5ccccc5)(c5ccccc5)c5ccccc5)c4)c32)c1. The van der Waals surface area contributed by atoms with Crippen LogP contribution in [-0.4, -0.2) is 17.2 Å². The van der Waals surface area contributed by atoms with Crippen LogP contribution in [0.4, 0.5) is 0 Å². The molecule has 0 aliphatic rings. The molecule has 0 unspecified atom stereocenters. The molecule has 0 spiro atoms. The molecule has 0 N–H and O–H groups in total. The first-order valence-electron chi connectivity index (χ1n) is 20.5.